The monoisotopic (exact) mass is 401 g/mol. The predicted molar refractivity (Wildman–Crippen MR) is 115 cm³/mol. The first-order valence-corrected chi connectivity index (χ1v) is 10.1. The van der Waals surface area contributed by atoms with Gasteiger partial charge in [0.1, 0.15) is 0 Å². The zero-order valence-electron chi connectivity index (χ0n) is 16.8. The summed E-state index contributed by atoms with van der Waals surface area (Å²) in [5.41, 5.74) is 5.06. The number of benzene rings is 3. The SMILES string of the molecule is Cc1c(NC(=O)C2(c3ccc4c(c3)OCO4)CC2)cccc1-c1ccccc1CO. The van der Waals surface area contributed by atoms with Crippen LogP contribution in [0.5, 0.6) is 11.5 Å². The van der Waals surface area contributed by atoms with Crippen molar-refractivity contribution in [2.45, 2.75) is 31.8 Å². The lowest BCUT2D eigenvalue weighted by molar-refractivity contribution is -0.118. The Morgan fingerprint density at radius 3 is 2.57 bits per heavy atom. The first kappa shape index (κ1) is 18.7. The van der Waals surface area contributed by atoms with E-state index in [9.17, 15) is 9.90 Å². The zero-order valence-corrected chi connectivity index (χ0v) is 16.8. The topological polar surface area (TPSA) is 67.8 Å². The molecule has 3 aromatic rings. The van der Waals surface area contributed by atoms with Gasteiger partial charge in [0.2, 0.25) is 12.7 Å². The third kappa shape index (κ3) is 3.02. The first-order chi connectivity index (χ1) is 14.6. The van der Waals surface area contributed by atoms with Crippen LogP contribution in [0.4, 0.5) is 5.69 Å². The summed E-state index contributed by atoms with van der Waals surface area (Å²) in [6, 6.07) is 19.4. The van der Waals surface area contributed by atoms with Crippen LogP contribution in [-0.4, -0.2) is 17.8 Å². The molecule has 152 valence electrons. The molecule has 5 heteroatoms. The van der Waals surface area contributed by atoms with E-state index in [1.54, 1.807) is 0 Å². The van der Waals surface area contributed by atoms with Crippen LogP contribution in [0.15, 0.2) is 60.7 Å². The Morgan fingerprint density at radius 1 is 1.00 bits per heavy atom. The van der Waals surface area contributed by atoms with Crippen molar-refractivity contribution in [3.8, 4) is 22.6 Å². The standard InChI is InChI=1S/C25H23NO4/c1-16-19(20-6-3-2-5-17(20)14-27)7-4-8-21(16)26-24(28)25(11-12-25)18-9-10-22-23(13-18)30-15-29-22/h2-10,13,27H,11-12,14-15H2,1H3,(H,26,28). The van der Waals surface area contributed by atoms with Crippen LogP contribution in [0.25, 0.3) is 11.1 Å². The number of anilines is 1. The van der Waals surface area contributed by atoms with Gasteiger partial charge in [-0.2, -0.15) is 0 Å². The highest BCUT2D eigenvalue weighted by Gasteiger charge is 2.51. The van der Waals surface area contributed by atoms with Crippen LogP contribution in [-0.2, 0) is 16.8 Å². The lowest BCUT2D eigenvalue weighted by atomic mass is 9.93. The molecule has 2 N–H and O–H groups in total. The molecular weight excluding hydrogens is 378 g/mol. The minimum Gasteiger partial charge on any atom is -0.454 e. The molecule has 3 aromatic carbocycles. The molecule has 5 nitrogen and oxygen atoms in total. The normalized spacial score (nSPS) is 15.7. The van der Waals surface area contributed by atoms with Gasteiger partial charge in [-0.3, -0.25) is 4.79 Å². The van der Waals surface area contributed by atoms with E-state index >= 15 is 0 Å². The van der Waals surface area contributed by atoms with Crippen molar-refractivity contribution in [3.05, 3.63) is 77.4 Å². The molecule has 1 heterocycles. The molecule has 1 aliphatic carbocycles. The molecule has 0 spiro atoms. The summed E-state index contributed by atoms with van der Waals surface area (Å²) in [5.74, 6) is 1.42. The maximum absolute atomic E-state index is 13.3. The van der Waals surface area contributed by atoms with Gasteiger partial charge in [-0.25, -0.2) is 0 Å². The summed E-state index contributed by atoms with van der Waals surface area (Å²) in [5, 5.41) is 12.9. The smallest absolute Gasteiger partial charge is 0.235 e. The molecule has 1 saturated carbocycles. The average molecular weight is 401 g/mol. The number of nitrogens with one attached hydrogen (secondary N) is 1. The van der Waals surface area contributed by atoms with Gasteiger partial charge >= 0.3 is 0 Å². The van der Waals surface area contributed by atoms with Gasteiger partial charge in [0.25, 0.3) is 0 Å². The lowest BCUT2D eigenvalue weighted by Gasteiger charge is -2.19. The van der Waals surface area contributed by atoms with Gasteiger partial charge in [0.05, 0.1) is 12.0 Å². The Labute approximate surface area is 175 Å². The summed E-state index contributed by atoms with van der Waals surface area (Å²) >= 11 is 0. The molecule has 0 bridgehead atoms. The Hall–Kier alpha value is -3.31. The highest BCUT2D eigenvalue weighted by atomic mass is 16.7. The molecule has 1 fully saturated rings. The number of carbonyl (C=O) groups is 1. The molecule has 0 radical (unpaired) electrons. The van der Waals surface area contributed by atoms with Crippen molar-refractivity contribution in [2.75, 3.05) is 12.1 Å². The minimum absolute atomic E-state index is 0.00272. The van der Waals surface area contributed by atoms with Crippen molar-refractivity contribution in [1.82, 2.24) is 0 Å². The maximum atomic E-state index is 13.3. The highest BCUT2D eigenvalue weighted by molar-refractivity contribution is 6.02. The molecule has 0 aromatic heterocycles. The van der Waals surface area contributed by atoms with Crippen molar-refractivity contribution in [1.29, 1.82) is 0 Å². The number of hydrogen-bond donors (Lipinski definition) is 2. The van der Waals surface area contributed by atoms with Crippen LogP contribution in [0, 0.1) is 6.92 Å². The number of aliphatic hydroxyl groups excluding tert-OH is 1. The number of fused-ring (bicyclic) bond motifs is 1. The van der Waals surface area contributed by atoms with Crippen LogP contribution in [0.2, 0.25) is 0 Å². The zero-order chi connectivity index (χ0) is 20.7. The molecule has 0 saturated heterocycles. The fourth-order valence-electron chi connectivity index (χ4n) is 4.19. The van der Waals surface area contributed by atoms with Crippen molar-refractivity contribution >= 4 is 11.6 Å². The molecule has 1 aliphatic heterocycles. The van der Waals surface area contributed by atoms with Gasteiger partial charge in [0.15, 0.2) is 11.5 Å². The van der Waals surface area contributed by atoms with Crippen molar-refractivity contribution < 1.29 is 19.4 Å². The van der Waals surface area contributed by atoms with E-state index < -0.39 is 5.41 Å². The fraction of sp³-hybridized carbons (Fsp3) is 0.240. The fourth-order valence-corrected chi connectivity index (χ4v) is 4.19. The third-order valence-electron chi connectivity index (χ3n) is 6.17. The molecule has 2 aliphatic rings. The van der Waals surface area contributed by atoms with Crippen molar-refractivity contribution in [2.24, 2.45) is 0 Å². The highest BCUT2D eigenvalue weighted by Crippen LogP contribution is 2.51. The molecule has 0 unspecified atom stereocenters. The van der Waals surface area contributed by atoms with E-state index in [-0.39, 0.29) is 19.3 Å². The number of aliphatic hydroxyl groups is 1. The molecule has 0 atom stereocenters. The van der Waals surface area contributed by atoms with Gasteiger partial charge < -0.3 is 19.9 Å². The van der Waals surface area contributed by atoms with Gasteiger partial charge in [-0.1, -0.05) is 42.5 Å². The summed E-state index contributed by atoms with van der Waals surface area (Å²) in [4.78, 5) is 13.3. The molecule has 5 rings (SSSR count). The van der Waals surface area contributed by atoms with Gasteiger partial charge in [0, 0.05) is 5.69 Å². The van der Waals surface area contributed by atoms with Crippen molar-refractivity contribution in [3.63, 3.8) is 0 Å². The third-order valence-corrected chi connectivity index (χ3v) is 6.17. The number of hydrogen-bond acceptors (Lipinski definition) is 4. The quantitative estimate of drug-likeness (QED) is 0.658. The Balaban J connectivity index is 1.44. The summed E-state index contributed by atoms with van der Waals surface area (Å²) < 4.78 is 10.9. The van der Waals surface area contributed by atoms with Crippen LogP contribution in [0.3, 0.4) is 0 Å². The largest absolute Gasteiger partial charge is 0.454 e. The van der Waals surface area contributed by atoms with E-state index in [0.717, 1.165) is 52.1 Å². The Bertz CT molecular complexity index is 1130. The second kappa shape index (κ2) is 7.18. The minimum atomic E-state index is -0.521. The molecular formula is C25H23NO4. The Morgan fingerprint density at radius 2 is 1.77 bits per heavy atom. The number of ether oxygens (including phenoxy) is 2. The summed E-state index contributed by atoms with van der Waals surface area (Å²) in [6.07, 6.45) is 1.62. The number of rotatable bonds is 5. The molecule has 1 amide bonds. The van der Waals surface area contributed by atoms with Gasteiger partial charge in [-0.15, -0.1) is 0 Å². The summed E-state index contributed by atoms with van der Waals surface area (Å²) in [6.45, 7) is 2.19. The van der Waals surface area contributed by atoms with Gasteiger partial charge in [-0.05, 0) is 65.8 Å². The van der Waals surface area contributed by atoms with Crippen LogP contribution >= 0.6 is 0 Å². The van der Waals surface area contributed by atoms with Crippen LogP contribution in [0.1, 0.15) is 29.5 Å². The number of carbonyl (C=O) groups excluding carboxylic acids is 1. The second-order valence-corrected chi connectivity index (χ2v) is 7.90. The van der Waals surface area contributed by atoms with Crippen LogP contribution < -0.4 is 14.8 Å². The van der Waals surface area contributed by atoms with E-state index in [1.807, 2.05) is 67.6 Å². The molecule has 30 heavy (non-hydrogen) atoms. The lowest BCUT2D eigenvalue weighted by Crippen LogP contribution is -2.28. The number of amides is 1. The Kier molecular flexibility index (Phi) is 4.48. The second-order valence-electron chi connectivity index (χ2n) is 7.90. The first-order valence-electron chi connectivity index (χ1n) is 10.1. The van der Waals surface area contributed by atoms with E-state index in [0.29, 0.717) is 5.75 Å². The summed E-state index contributed by atoms with van der Waals surface area (Å²) in [7, 11) is 0. The maximum Gasteiger partial charge on any atom is 0.235 e. The van der Waals surface area contributed by atoms with E-state index in [2.05, 4.69) is 5.32 Å². The predicted octanol–water partition coefficient (Wildman–Crippen LogP) is 4.55. The van der Waals surface area contributed by atoms with E-state index in [4.69, 9.17) is 9.47 Å². The van der Waals surface area contributed by atoms with E-state index in [1.165, 1.54) is 0 Å². The average Bonchev–Trinajstić information content (AvgIpc) is 3.46.